The van der Waals surface area contributed by atoms with Crippen molar-refractivity contribution < 1.29 is 48.6 Å². The molecule has 0 radical (unpaired) electrons. The van der Waals surface area contributed by atoms with Crippen molar-refractivity contribution in [2.45, 2.75) is 14.7 Å². The first-order chi connectivity index (χ1) is 21.5. The van der Waals surface area contributed by atoms with Gasteiger partial charge in [-0.15, -0.1) is 0 Å². The van der Waals surface area contributed by atoms with Gasteiger partial charge in [0.1, 0.15) is 25.6 Å². The molecule has 0 unspecified atom stereocenters. The Labute approximate surface area is 259 Å². The van der Waals surface area contributed by atoms with Gasteiger partial charge in [0.05, 0.1) is 31.9 Å². The molecule has 21 heteroatoms. The monoisotopic (exact) mass is 687 g/mol. The molecule has 0 bridgehead atoms. The molecule has 0 spiro atoms. The van der Waals surface area contributed by atoms with Crippen LogP contribution in [0.1, 0.15) is 0 Å². The molecule has 5 aromatic rings. The number of hydrogen-bond donors (Lipinski definition) is 2. The maximum absolute atomic E-state index is 12.4. The molecular weight excluding hydrogens is 671 g/mol. The van der Waals surface area contributed by atoms with E-state index in [0.717, 1.165) is 52.1 Å². The van der Waals surface area contributed by atoms with Crippen molar-refractivity contribution in [3.8, 4) is 22.8 Å². The van der Waals surface area contributed by atoms with Crippen LogP contribution in [0.2, 0.25) is 0 Å². The smallest absolute Gasteiger partial charge is 0.341 e. The predicted octanol–water partition coefficient (Wildman–Crippen LogP) is 2.93. The second-order valence-electron chi connectivity index (χ2n) is 9.12. The van der Waals surface area contributed by atoms with Crippen LogP contribution in [-0.2, 0) is 30.4 Å². The summed E-state index contributed by atoms with van der Waals surface area (Å²) in [6.45, 7) is 0. The zero-order valence-electron chi connectivity index (χ0n) is 22.6. The summed E-state index contributed by atoms with van der Waals surface area (Å²) in [5, 5.41) is 27.4. The Balaban J connectivity index is 1.67. The van der Waals surface area contributed by atoms with Crippen LogP contribution in [0.15, 0.2) is 116 Å². The van der Waals surface area contributed by atoms with Crippen LogP contribution in [0.25, 0.3) is 22.8 Å². The van der Waals surface area contributed by atoms with E-state index >= 15 is 0 Å². The third kappa shape index (κ3) is 6.83. The van der Waals surface area contributed by atoms with Crippen LogP contribution in [0, 0.1) is 10.1 Å². The van der Waals surface area contributed by atoms with Gasteiger partial charge in [0, 0.05) is 16.9 Å². The lowest BCUT2D eigenvalue weighted by atomic mass is 10.2. The number of benzene rings is 4. The average Bonchev–Trinajstić information content (AvgIpc) is 3.44. The maximum Gasteiger partial charge on any atom is 0.341 e. The second kappa shape index (κ2) is 11.9. The number of nitro benzene ring substituents is 1. The fourth-order valence-electron chi connectivity index (χ4n) is 4.03. The van der Waals surface area contributed by atoms with Crippen molar-refractivity contribution >= 4 is 47.4 Å². The Bertz CT molecular complexity index is 2360. The zero-order valence-corrected chi connectivity index (χ0v) is 25.0. The van der Waals surface area contributed by atoms with Crippen LogP contribution in [0.5, 0.6) is 0 Å². The molecule has 0 aliphatic rings. The number of tetrazole rings is 1. The Morgan fingerprint density at radius 2 is 1.37 bits per heavy atom. The fourth-order valence-corrected chi connectivity index (χ4v) is 5.87. The van der Waals surface area contributed by atoms with Crippen molar-refractivity contribution in [1.82, 2.24) is 15.0 Å². The number of non-ortho nitro benzene ring substituents is 1. The van der Waals surface area contributed by atoms with Crippen LogP contribution in [0.3, 0.4) is 0 Å². The molecule has 236 valence electrons. The predicted molar refractivity (Wildman–Crippen MR) is 153 cm³/mol. The maximum atomic E-state index is 12.4. The molecule has 18 nitrogen and oxygen atoms in total. The van der Waals surface area contributed by atoms with E-state index in [1.54, 1.807) is 0 Å². The summed E-state index contributed by atoms with van der Waals surface area (Å²) in [7, 11) is -14.5. The minimum atomic E-state index is -5.29. The molecule has 0 saturated carbocycles. The standard InChI is InChI=1S/C25H17N7O11S3/c33-32(34)19-10-8-18(9-11-19)30-28-25(21-3-1-2-4-23(21)45(38,39)40)29-31(30)22-14-7-17(15-24(22)46(41,42)43)27-26-16-5-12-20(13-6-16)44(35,36)37/h1-15H,(H2-,35,36,37,38,39,40,41,42,43). The molecule has 1 heterocycles. The molecule has 0 fully saturated rings. The lowest BCUT2D eigenvalue weighted by Gasteiger charge is -2.10. The molecule has 0 amide bonds. The van der Waals surface area contributed by atoms with Crippen LogP contribution >= 0.6 is 0 Å². The first-order valence-electron chi connectivity index (χ1n) is 12.3. The van der Waals surface area contributed by atoms with Gasteiger partial charge in [-0.1, -0.05) is 12.1 Å². The van der Waals surface area contributed by atoms with Crippen molar-refractivity contribution in [2.75, 3.05) is 0 Å². The fraction of sp³-hybridized carbons (Fsp3) is 0. The highest BCUT2D eigenvalue weighted by molar-refractivity contribution is 7.86. The summed E-state index contributed by atoms with van der Waals surface area (Å²) < 4.78 is 103. The highest BCUT2D eigenvalue weighted by Gasteiger charge is 2.30. The van der Waals surface area contributed by atoms with Gasteiger partial charge in [-0.2, -0.15) is 27.1 Å². The number of aromatic nitrogens is 4. The zero-order chi connectivity index (χ0) is 33.4. The molecule has 4 aromatic carbocycles. The van der Waals surface area contributed by atoms with E-state index in [0.29, 0.717) is 0 Å². The van der Waals surface area contributed by atoms with E-state index in [1.807, 2.05) is 0 Å². The van der Waals surface area contributed by atoms with Gasteiger partial charge in [-0.05, 0) is 76.6 Å². The first-order valence-corrected chi connectivity index (χ1v) is 16.6. The number of rotatable bonds is 9. The van der Waals surface area contributed by atoms with Gasteiger partial charge < -0.3 is 4.55 Å². The topological polar surface area (TPSA) is 268 Å². The summed E-state index contributed by atoms with van der Waals surface area (Å²) >= 11 is 0. The number of nitrogens with zero attached hydrogens (tertiary/aromatic N) is 7. The van der Waals surface area contributed by atoms with E-state index in [-0.39, 0.29) is 34.1 Å². The lowest BCUT2D eigenvalue weighted by molar-refractivity contribution is -0.736. The van der Waals surface area contributed by atoms with Gasteiger partial charge in [-0.25, -0.2) is 8.42 Å². The quantitative estimate of drug-likeness (QED) is 0.0742. The van der Waals surface area contributed by atoms with Gasteiger partial charge in [0.15, 0.2) is 5.69 Å². The Morgan fingerprint density at radius 1 is 0.761 bits per heavy atom. The van der Waals surface area contributed by atoms with Crippen LogP contribution in [0.4, 0.5) is 17.1 Å². The highest BCUT2D eigenvalue weighted by Crippen LogP contribution is 2.28. The summed E-state index contributed by atoms with van der Waals surface area (Å²) in [5.41, 5.74) is -0.852. The Morgan fingerprint density at radius 3 is 1.96 bits per heavy atom. The average molecular weight is 688 g/mol. The highest BCUT2D eigenvalue weighted by atomic mass is 32.2. The first kappa shape index (κ1) is 32.1. The van der Waals surface area contributed by atoms with Crippen LogP contribution < -0.4 is 4.80 Å². The molecular formula is C25H17N7O11S3. The number of nitro groups is 1. The SMILES string of the molecule is O=[N+]([O-])c1ccc(-n2nc(-c3ccccc3S(=O)(=O)O)n[n+]2-c2ccc(N=Nc3ccc(S(=O)(=O)O)cc3)cc2S(=O)(=O)[O-])cc1. The molecule has 5 rings (SSSR count). The van der Waals surface area contributed by atoms with Gasteiger partial charge in [-0.3, -0.25) is 19.2 Å². The third-order valence-electron chi connectivity index (χ3n) is 6.10. The molecule has 2 N–H and O–H groups in total. The Kier molecular flexibility index (Phi) is 8.29. The number of azo groups is 1. The molecule has 0 aliphatic carbocycles. The summed E-state index contributed by atoms with van der Waals surface area (Å²) in [6, 6.07) is 17.6. The Hall–Kier alpha value is -5.32. The summed E-state index contributed by atoms with van der Waals surface area (Å²) in [5.74, 6) is -0.349. The largest absolute Gasteiger partial charge is 0.744 e. The lowest BCUT2D eigenvalue weighted by Crippen LogP contribution is -2.44. The molecule has 46 heavy (non-hydrogen) atoms. The van der Waals surface area contributed by atoms with Crippen molar-refractivity contribution in [3.63, 3.8) is 0 Å². The summed E-state index contributed by atoms with van der Waals surface area (Å²) in [6.07, 6.45) is 0. The van der Waals surface area contributed by atoms with E-state index in [2.05, 4.69) is 20.4 Å². The molecule has 0 saturated heterocycles. The van der Waals surface area contributed by atoms with Gasteiger partial charge in [0.25, 0.3) is 25.9 Å². The van der Waals surface area contributed by atoms with Crippen molar-refractivity contribution in [3.05, 3.63) is 101 Å². The van der Waals surface area contributed by atoms with Crippen molar-refractivity contribution in [2.24, 2.45) is 10.2 Å². The minimum Gasteiger partial charge on any atom is -0.744 e. The van der Waals surface area contributed by atoms with E-state index in [9.17, 15) is 44.5 Å². The normalized spacial score (nSPS) is 12.4. The van der Waals surface area contributed by atoms with E-state index < -0.39 is 55.7 Å². The summed E-state index contributed by atoms with van der Waals surface area (Å²) in [4.78, 5) is 10.4. The van der Waals surface area contributed by atoms with E-state index in [1.165, 1.54) is 48.5 Å². The number of hydrogen-bond acceptors (Lipinski definition) is 13. The molecule has 0 atom stereocenters. The molecule has 1 aromatic heterocycles. The van der Waals surface area contributed by atoms with E-state index in [4.69, 9.17) is 4.55 Å². The van der Waals surface area contributed by atoms with Gasteiger partial charge >= 0.3 is 5.82 Å². The van der Waals surface area contributed by atoms with Crippen LogP contribution in [-0.4, -0.2) is 58.8 Å². The van der Waals surface area contributed by atoms with Crippen molar-refractivity contribution in [1.29, 1.82) is 0 Å². The molecule has 0 aliphatic heterocycles. The minimum absolute atomic E-state index is 0.0695. The second-order valence-corrected chi connectivity index (χ2v) is 13.3. The van der Waals surface area contributed by atoms with Gasteiger partial charge in [0.2, 0.25) is 0 Å². The third-order valence-corrected chi connectivity index (χ3v) is 8.74.